The lowest BCUT2D eigenvalue weighted by molar-refractivity contribution is 0.673. The van der Waals surface area contributed by atoms with Crippen molar-refractivity contribution in [3.05, 3.63) is 200 Å². The molecule has 0 spiro atoms. The average molecular weight is 780 g/mol. The topological polar surface area (TPSA) is 61.7 Å². The van der Waals surface area contributed by atoms with E-state index in [2.05, 4.69) is 143 Å². The first-order valence-corrected chi connectivity index (χ1v) is 20.5. The molecule has 0 fully saturated rings. The fourth-order valence-electron chi connectivity index (χ4n) is 9.53. The van der Waals surface area contributed by atoms with Crippen LogP contribution < -0.4 is 0 Å². The van der Waals surface area contributed by atoms with Gasteiger partial charge >= 0.3 is 0 Å². The van der Waals surface area contributed by atoms with E-state index in [9.17, 15) is 0 Å². The van der Waals surface area contributed by atoms with Gasteiger partial charge in [-0.2, -0.15) is 0 Å². The highest BCUT2D eigenvalue weighted by Crippen LogP contribution is 2.46. The Bertz CT molecular complexity index is 3810. The van der Waals surface area contributed by atoms with Crippen LogP contribution in [0.4, 0.5) is 0 Å². The maximum absolute atomic E-state index is 6.73. The SMILES string of the molecule is c1ccc(-c2nc(-c3ccccc3)nc(-c3ccc(-n4c5ccccc5c5c4ccc4c6c7oc8ccccc8c7ccc6n(-c6ccccc6)c45)c4ccccc34)n2)cc1. The minimum absolute atomic E-state index is 0.628. The van der Waals surface area contributed by atoms with Gasteiger partial charge < -0.3 is 13.6 Å². The van der Waals surface area contributed by atoms with E-state index < -0.39 is 0 Å². The van der Waals surface area contributed by atoms with Crippen molar-refractivity contribution in [1.82, 2.24) is 24.1 Å². The lowest BCUT2D eigenvalue weighted by Crippen LogP contribution is -2.01. The number of benzene rings is 9. The van der Waals surface area contributed by atoms with Gasteiger partial charge in [-0.3, -0.25) is 0 Å². The van der Waals surface area contributed by atoms with Crippen LogP contribution in [0.2, 0.25) is 0 Å². The second kappa shape index (κ2) is 13.1. The first-order valence-electron chi connectivity index (χ1n) is 20.5. The molecule has 0 unspecified atom stereocenters. The van der Waals surface area contributed by atoms with E-state index in [1.54, 1.807) is 0 Å². The zero-order chi connectivity index (χ0) is 40.0. The summed E-state index contributed by atoms with van der Waals surface area (Å²) >= 11 is 0. The van der Waals surface area contributed by atoms with Crippen molar-refractivity contribution in [1.29, 1.82) is 0 Å². The Kier molecular flexibility index (Phi) is 7.21. The van der Waals surface area contributed by atoms with Crippen molar-refractivity contribution in [3.8, 4) is 45.5 Å². The minimum atomic E-state index is 0.628. The summed E-state index contributed by atoms with van der Waals surface area (Å²) in [7, 11) is 0. The summed E-state index contributed by atoms with van der Waals surface area (Å²) in [5.41, 5.74) is 11.3. The van der Waals surface area contributed by atoms with Crippen LogP contribution in [0, 0.1) is 0 Å². The standard InChI is InChI=1S/C55H33N5O/c1-4-16-34(17-5-1)53-56-54(35-18-6-2-7-19-35)58-55(57-53)41-29-31-45(38-23-11-10-22-37(38)41)60-44-26-14-12-25-42(44)49-46(60)33-30-43-50-47(59(51(43)49)36-20-8-3-9-21-36)32-28-40-39-24-13-15-27-48(39)61-52(40)50/h1-33H. The summed E-state index contributed by atoms with van der Waals surface area (Å²) in [6.45, 7) is 0. The average Bonchev–Trinajstić information content (AvgIpc) is 3.99. The second-order valence-electron chi connectivity index (χ2n) is 15.5. The molecule has 0 radical (unpaired) electrons. The number of nitrogens with zero attached hydrogens (tertiary/aromatic N) is 5. The molecule has 4 aromatic heterocycles. The zero-order valence-electron chi connectivity index (χ0n) is 32.7. The number of para-hydroxylation sites is 3. The van der Waals surface area contributed by atoms with Crippen molar-refractivity contribution in [2.24, 2.45) is 0 Å². The third-order valence-electron chi connectivity index (χ3n) is 12.2. The molecule has 0 saturated carbocycles. The Morgan fingerprint density at radius 2 is 0.902 bits per heavy atom. The highest BCUT2D eigenvalue weighted by atomic mass is 16.3. The molecule has 0 bridgehead atoms. The fraction of sp³-hybridized carbons (Fsp3) is 0. The number of aromatic nitrogens is 5. The van der Waals surface area contributed by atoms with E-state index in [1.165, 1.54) is 10.8 Å². The predicted octanol–water partition coefficient (Wildman–Crippen LogP) is 14.1. The third kappa shape index (κ3) is 5.00. The van der Waals surface area contributed by atoms with Crippen LogP contribution in [0.25, 0.3) is 122 Å². The van der Waals surface area contributed by atoms with Crippen molar-refractivity contribution in [3.63, 3.8) is 0 Å². The first-order chi connectivity index (χ1) is 30.3. The molecule has 13 aromatic rings. The molecule has 0 aliphatic rings. The monoisotopic (exact) mass is 779 g/mol. The van der Waals surface area contributed by atoms with Crippen LogP contribution in [0.3, 0.4) is 0 Å². The van der Waals surface area contributed by atoms with Gasteiger partial charge in [0.2, 0.25) is 0 Å². The molecule has 0 atom stereocenters. The van der Waals surface area contributed by atoms with Crippen LogP contribution in [0.1, 0.15) is 0 Å². The fourth-order valence-corrected chi connectivity index (χ4v) is 9.53. The van der Waals surface area contributed by atoms with Gasteiger partial charge in [0.25, 0.3) is 0 Å². The molecule has 0 aliphatic heterocycles. The predicted molar refractivity (Wildman–Crippen MR) is 250 cm³/mol. The van der Waals surface area contributed by atoms with Crippen LogP contribution in [0.5, 0.6) is 0 Å². The molecule has 0 N–H and O–H groups in total. The van der Waals surface area contributed by atoms with Crippen molar-refractivity contribution >= 4 is 76.3 Å². The maximum Gasteiger partial charge on any atom is 0.164 e. The Hall–Kier alpha value is -8.35. The van der Waals surface area contributed by atoms with Gasteiger partial charge in [0, 0.05) is 54.7 Å². The zero-order valence-corrected chi connectivity index (χ0v) is 32.7. The Morgan fingerprint density at radius 1 is 0.344 bits per heavy atom. The molecule has 6 nitrogen and oxygen atoms in total. The molecule has 61 heavy (non-hydrogen) atoms. The number of fused-ring (bicyclic) bond motifs is 12. The second-order valence-corrected chi connectivity index (χ2v) is 15.5. The van der Waals surface area contributed by atoms with Gasteiger partial charge in [-0.15, -0.1) is 0 Å². The quantitative estimate of drug-likeness (QED) is 0.175. The lowest BCUT2D eigenvalue weighted by atomic mass is 10.0. The summed E-state index contributed by atoms with van der Waals surface area (Å²) in [4.78, 5) is 15.2. The molecule has 0 amide bonds. The molecule has 6 heteroatoms. The van der Waals surface area contributed by atoms with E-state index in [4.69, 9.17) is 19.4 Å². The van der Waals surface area contributed by atoms with Crippen LogP contribution in [0.15, 0.2) is 205 Å². The summed E-state index contributed by atoms with van der Waals surface area (Å²) in [5.74, 6) is 1.90. The molecular weight excluding hydrogens is 747 g/mol. The molecule has 0 aliphatic carbocycles. The lowest BCUT2D eigenvalue weighted by Gasteiger charge is -2.15. The molecule has 9 aromatic carbocycles. The molecular formula is C55H33N5O. The van der Waals surface area contributed by atoms with Crippen molar-refractivity contribution in [2.75, 3.05) is 0 Å². The van der Waals surface area contributed by atoms with E-state index in [0.717, 1.165) is 93.6 Å². The summed E-state index contributed by atoms with van der Waals surface area (Å²) in [6.07, 6.45) is 0. The molecule has 4 heterocycles. The largest absolute Gasteiger partial charge is 0.455 e. The minimum Gasteiger partial charge on any atom is -0.455 e. The number of hydrogen-bond donors (Lipinski definition) is 0. The van der Waals surface area contributed by atoms with E-state index >= 15 is 0 Å². The van der Waals surface area contributed by atoms with E-state index in [-0.39, 0.29) is 0 Å². The highest BCUT2D eigenvalue weighted by Gasteiger charge is 2.25. The van der Waals surface area contributed by atoms with Crippen LogP contribution in [-0.4, -0.2) is 24.1 Å². The van der Waals surface area contributed by atoms with Gasteiger partial charge in [-0.05, 0) is 66.0 Å². The van der Waals surface area contributed by atoms with Crippen LogP contribution >= 0.6 is 0 Å². The first kappa shape index (κ1) is 33.6. The third-order valence-corrected chi connectivity index (χ3v) is 12.2. The summed E-state index contributed by atoms with van der Waals surface area (Å²) in [6, 6.07) is 70.1. The summed E-state index contributed by atoms with van der Waals surface area (Å²) < 4.78 is 11.6. The van der Waals surface area contributed by atoms with Gasteiger partial charge in [-0.25, -0.2) is 15.0 Å². The Balaban J connectivity index is 1.10. The normalized spacial score (nSPS) is 11.9. The van der Waals surface area contributed by atoms with Crippen molar-refractivity contribution in [2.45, 2.75) is 0 Å². The molecule has 284 valence electrons. The van der Waals surface area contributed by atoms with Gasteiger partial charge in [0.05, 0.1) is 33.1 Å². The van der Waals surface area contributed by atoms with Crippen LogP contribution in [-0.2, 0) is 0 Å². The Labute approximate surface area is 349 Å². The maximum atomic E-state index is 6.73. The molecule has 13 rings (SSSR count). The van der Waals surface area contributed by atoms with Gasteiger partial charge in [-0.1, -0.05) is 140 Å². The van der Waals surface area contributed by atoms with E-state index in [1.807, 2.05) is 66.7 Å². The van der Waals surface area contributed by atoms with Crippen molar-refractivity contribution < 1.29 is 4.42 Å². The summed E-state index contributed by atoms with van der Waals surface area (Å²) in [5, 5.41) is 9.02. The molecule has 0 saturated heterocycles. The highest BCUT2D eigenvalue weighted by molar-refractivity contribution is 6.31. The van der Waals surface area contributed by atoms with E-state index in [0.29, 0.717) is 17.5 Å². The number of hydrogen-bond acceptors (Lipinski definition) is 4. The van der Waals surface area contributed by atoms with Gasteiger partial charge in [0.15, 0.2) is 17.5 Å². The Morgan fingerprint density at radius 3 is 1.62 bits per heavy atom. The van der Waals surface area contributed by atoms with Gasteiger partial charge in [0.1, 0.15) is 11.2 Å². The number of furan rings is 1. The number of rotatable bonds is 5. The smallest absolute Gasteiger partial charge is 0.164 e.